The molecule has 0 bridgehead atoms. The quantitative estimate of drug-likeness (QED) is 0.368. The van der Waals surface area contributed by atoms with Crippen LogP contribution >= 0.6 is 15.9 Å². The Morgan fingerprint density at radius 2 is 2.60 bits per heavy atom. The summed E-state index contributed by atoms with van der Waals surface area (Å²) in [5.74, 6) is 0. The summed E-state index contributed by atoms with van der Waals surface area (Å²) in [6.07, 6.45) is 3.45. The summed E-state index contributed by atoms with van der Waals surface area (Å²) in [5, 5.41) is 10.1. The number of rotatable bonds is 1. The van der Waals surface area contributed by atoms with Crippen LogP contribution in [0.4, 0.5) is 0 Å². The molecule has 0 spiro atoms. The number of nitro groups is 1. The van der Waals surface area contributed by atoms with Crippen molar-refractivity contribution in [3.63, 3.8) is 0 Å². The van der Waals surface area contributed by atoms with Crippen molar-refractivity contribution in [2.75, 3.05) is 0 Å². The second-order valence-corrected chi connectivity index (χ2v) is 2.71. The highest BCUT2D eigenvalue weighted by atomic mass is 79.9. The van der Waals surface area contributed by atoms with Crippen LogP contribution in [-0.4, -0.2) is 17.2 Å². The lowest BCUT2D eigenvalue weighted by atomic mass is 10.2. The normalized spacial score (nSPS) is 24.1. The Kier molecular flexibility index (Phi) is 2.16. The van der Waals surface area contributed by atoms with Gasteiger partial charge in [-0.3, -0.25) is 10.1 Å². The third-order valence-corrected chi connectivity index (χ3v) is 1.70. The van der Waals surface area contributed by atoms with E-state index in [1.54, 1.807) is 6.08 Å². The lowest BCUT2D eigenvalue weighted by Crippen LogP contribution is -2.21. The molecule has 10 heavy (non-hydrogen) atoms. The minimum Gasteiger partial charge on any atom is -0.264 e. The van der Waals surface area contributed by atoms with E-state index >= 15 is 0 Å². The summed E-state index contributed by atoms with van der Waals surface area (Å²) in [6.45, 7) is 0. The first-order chi connectivity index (χ1) is 4.70. The van der Waals surface area contributed by atoms with Crippen molar-refractivity contribution in [3.05, 3.63) is 20.8 Å². The Morgan fingerprint density at radius 3 is 3.00 bits per heavy atom. The molecule has 0 saturated heterocycles. The highest BCUT2D eigenvalue weighted by Crippen LogP contribution is 2.13. The summed E-state index contributed by atoms with van der Waals surface area (Å²) < 4.78 is 0.672. The van der Waals surface area contributed by atoms with Crippen molar-refractivity contribution in [1.29, 1.82) is 0 Å². The highest BCUT2D eigenvalue weighted by molar-refractivity contribution is 9.11. The Morgan fingerprint density at radius 1 is 1.90 bits per heavy atom. The minimum absolute atomic E-state index is 0.348. The Bertz CT molecular complexity index is 212. The van der Waals surface area contributed by atoms with E-state index in [1.165, 1.54) is 6.21 Å². The first kappa shape index (κ1) is 7.40. The molecular formula is C5H5BrN2O2. The third-order valence-electron chi connectivity index (χ3n) is 1.17. The van der Waals surface area contributed by atoms with Gasteiger partial charge in [0.2, 0.25) is 0 Å². The van der Waals surface area contributed by atoms with Gasteiger partial charge in [0.25, 0.3) is 6.04 Å². The average molecular weight is 205 g/mol. The lowest BCUT2D eigenvalue weighted by molar-refractivity contribution is -0.500. The number of hydrogen-bond acceptors (Lipinski definition) is 3. The van der Waals surface area contributed by atoms with Crippen molar-refractivity contribution in [2.45, 2.75) is 12.5 Å². The van der Waals surface area contributed by atoms with Gasteiger partial charge in [0, 0.05) is 11.3 Å². The van der Waals surface area contributed by atoms with Crippen molar-refractivity contribution in [2.24, 2.45) is 4.99 Å². The third kappa shape index (κ3) is 1.63. The summed E-state index contributed by atoms with van der Waals surface area (Å²) in [7, 11) is 0. The molecule has 1 unspecified atom stereocenters. The van der Waals surface area contributed by atoms with E-state index in [4.69, 9.17) is 0 Å². The van der Waals surface area contributed by atoms with E-state index in [-0.39, 0.29) is 4.92 Å². The molecule has 0 saturated carbocycles. The smallest absolute Gasteiger partial charge is 0.251 e. The van der Waals surface area contributed by atoms with E-state index < -0.39 is 6.04 Å². The van der Waals surface area contributed by atoms with Crippen LogP contribution in [0.15, 0.2) is 15.7 Å². The zero-order valence-electron chi connectivity index (χ0n) is 5.03. The minimum atomic E-state index is -0.638. The first-order valence-electron chi connectivity index (χ1n) is 2.73. The van der Waals surface area contributed by atoms with Gasteiger partial charge in [-0.2, -0.15) is 0 Å². The fourth-order valence-electron chi connectivity index (χ4n) is 0.629. The average Bonchev–Trinajstić information content (AvgIpc) is 1.88. The summed E-state index contributed by atoms with van der Waals surface area (Å²) in [5.41, 5.74) is 0. The number of halogens is 1. The molecule has 0 aromatic rings. The van der Waals surface area contributed by atoms with Gasteiger partial charge in [0.1, 0.15) is 4.61 Å². The second-order valence-electron chi connectivity index (χ2n) is 1.89. The highest BCUT2D eigenvalue weighted by Gasteiger charge is 2.18. The molecule has 1 rings (SSSR count). The van der Waals surface area contributed by atoms with Gasteiger partial charge in [0.05, 0.1) is 6.21 Å². The van der Waals surface area contributed by atoms with Crippen LogP contribution in [0, 0.1) is 10.1 Å². The van der Waals surface area contributed by atoms with Gasteiger partial charge < -0.3 is 0 Å². The molecule has 0 fully saturated rings. The Balaban J connectivity index is 2.60. The molecule has 5 heteroatoms. The fraction of sp³-hybridized carbons (Fsp3) is 0.400. The Hall–Kier alpha value is -0.710. The van der Waals surface area contributed by atoms with Gasteiger partial charge in [-0.15, -0.1) is 0 Å². The van der Waals surface area contributed by atoms with Gasteiger partial charge in [-0.1, -0.05) is 0 Å². The van der Waals surface area contributed by atoms with Gasteiger partial charge >= 0.3 is 0 Å². The summed E-state index contributed by atoms with van der Waals surface area (Å²) in [6, 6.07) is -0.638. The van der Waals surface area contributed by atoms with Gasteiger partial charge in [-0.05, 0) is 22.0 Å². The molecule has 4 nitrogen and oxygen atoms in total. The monoisotopic (exact) mass is 204 g/mol. The SMILES string of the molecule is O=[N+]([O-])C1C=NC(Br)=CC1. The molecule has 0 aromatic heterocycles. The van der Waals surface area contributed by atoms with Crippen molar-refractivity contribution >= 4 is 22.1 Å². The van der Waals surface area contributed by atoms with Crippen LogP contribution in [0.1, 0.15) is 6.42 Å². The molecule has 54 valence electrons. The molecular weight excluding hydrogens is 200 g/mol. The predicted molar refractivity (Wildman–Crippen MR) is 40.9 cm³/mol. The van der Waals surface area contributed by atoms with Crippen molar-refractivity contribution < 1.29 is 4.92 Å². The van der Waals surface area contributed by atoms with Crippen molar-refractivity contribution in [3.8, 4) is 0 Å². The summed E-state index contributed by atoms with van der Waals surface area (Å²) >= 11 is 3.11. The van der Waals surface area contributed by atoms with Crippen LogP contribution in [0.2, 0.25) is 0 Å². The molecule has 0 N–H and O–H groups in total. The zero-order valence-corrected chi connectivity index (χ0v) is 6.61. The summed E-state index contributed by atoms with van der Waals surface area (Å²) in [4.78, 5) is 13.5. The molecule has 0 radical (unpaired) electrons. The van der Waals surface area contributed by atoms with Crippen LogP contribution in [0.5, 0.6) is 0 Å². The van der Waals surface area contributed by atoms with E-state index in [1.807, 2.05) is 0 Å². The number of aliphatic imine (C=N–C) groups is 1. The molecule has 0 aliphatic carbocycles. The Labute approximate surface area is 65.9 Å². The first-order valence-corrected chi connectivity index (χ1v) is 3.53. The molecule has 1 heterocycles. The van der Waals surface area contributed by atoms with Crippen LogP contribution in [-0.2, 0) is 0 Å². The van der Waals surface area contributed by atoms with Crippen LogP contribution in [0.3, 0.4) is 0 Å². The zero-order chi connectivity index (χ0) is 7.56. The second kappa shape index (κ2) is 2.92. The van der Waals surface area contributed by atoms with E-state index in [0.29, 0.717) is 11.0 Å². The molecule has 1 atom stereocenters. The molecule has 0 aromatic carbocycles. The molecule has 1 aliphatic heterocycles. The topological polar surface area (TPSA) is 55.5 Å². The number of nitrogens with zero attached hydrogens (tertiary/aromatic N) is 2. The van der Waals surface area contributed by atoms with Crippen LogP contribution < -0.4 is 0 Å². The standard InChI is InChI=1S/C5H5BrN2O2/c6-5-2-1-4(3-7-5)8(9)10/h2-4H,1H2. The van der Waals surface area contributed by atoms with Gasteiger partial charge in [0.15, 0.2) is 0 Å². The van der Waals surface area contributed by atoms with E-state index in [2.05, 4.69) is 20.9 Å². The van der Waals surface area contributed by atoms with Gasteiger partial charge in [-0.25, -0.2) is 4.99 Å². The largest absolute Gasteiger partial charge is 0.264 e. The fourth-order valence-corrected chi connectivity index (χ4v) is 0.934. The molecule has 1 aliphatic rings. The predicted octanol–water partition coefficient (Wildman–Crippen LogP) is 1.34. The van der Waals surface area contributed by atoms with Crippen LogP contribution in [0.25, 0.3) is 0 Å². The maximum absolute atomic E-state index is 10.1. The van der Waals surface area contributed by atoms with E-state index in [9.17, 15) is 10.1 Å². The maximum atomic E-state index is 10.1. The number of hydrogen-bond donors (Lipinski definition) is 0. The van der Waals surface area contributed by atoms with E-state index in [0.717, 1.165) is 0 Å². The molecule has 0 amide bonds. The van der Waals surface area contributed by atoms with Crippen molar-refractivity contribution in [1.82, 2.24) is 0 Å². The maximum Gasteiger partial charge on any atom is 0.251 e. The lowest BCUT2D eigenvalue weighted by Gasteiger charge is -2.04.